The van der Waals surface area contributed by atoms with Gasteiger partial charge in [-0.15, -0.1) is 0 Å². The van der Waals surface area contributed by atoms with Crippen LogP contribution in [-0.4, -0.2) is 68.6 Å². The van der Waals surface area contributed by atoms with Crippen molar-refractivity contribution in [2.75, 3.05) is 53.0 Å². The van der Waals surface area contributed by atoms with Crippen molar-refractivity contribution in [3.63, 3.8) is 0 Å². The highest BCUT2D eigenvalue weighted by Crippen LogP contribution is 1.99. The van der Waals surface area contributed by atoms with Crippen molar-refractivity contribution in [3.8, 4) is 0 Å². The highest BCUT2D eigenvalue weighted by molar-refractivity contribution is 5.81. The van der Waals surface area contributed by atoms with Gasteiger partial charge >= 0.3 is 0 Å². The summed E-state index contributed by atoms with van der Waals surface area (Å²) in [7, 11) is 2.15. The lowest BCUT2D eigenvalue weighted by Crippen LogP contribution is -2.45. The molecule has 1 heterocycles. The van der Waals surface area contributed by atoms with E-state index in [1.54, 1.807) is 0 Å². The van der Waals surface area contributed by atoms with Crippen LogP contribution in [0.15, 0.2) is 0 Å². The number of carbonyl (C=O) groups is 1. The standard InChI is InChI=1S/C12H24N2O2.C2H6/c1-11(2)12(15)10-16-9-8-14-6-4-13(3)5-7-14;1-2/h11H,4-10H2,1-3H3;1-2H3. The summed E-state index contributed by atoms with van der Waals surface area (Å²) < 4.78 is 5.38. The fourth-order valence-corrected chi connectivity index (χ4v) is 1.60. The fourth-order valence-electron chi connectivity index (χ4n) is 1.60. The van der Waals surface area contributed by atoms with Crippen molar-refractivity contribution in [2.24, 2.45) is 5.92 Å². The maximum atomic E-state index is 11.3. The predicted octanol–water partition coefficient (Wildman–Crippen LogP) is 1.50. The van der Waals surface area contributed by atoms with E-state index < -0.39 is 0 Å². The summed E-state index contributed by atoms with van der Waals surface area (Å²) in [4.78, 5) is 16.0. The Kier molecular flexibility index (Phi) is 10.2. The van der Waals surface area contributed by atoms with E-state index in [0.29, 0.717) is 6.61 Å². The van der Waals surface area contributed by atoms with Crippen LogP contribution in [0.3, 0.4) is 0 Å². The van der Waals surface area contributed by atoms with Gasteiger partial charge in [0.15, 0.2) is 5.78 Å². The minimum absolute atomic E-state index is 0.0867. The van der Waals surface area contributed by atoms with Crippen molar-refractivity contribution < 1.29 is 9.53 Å². The molecule has 1 fully saturated rings. The Morgan fingerprint density at radius 2 is 1.72 bits per heavy atom. The molecule has 0 aromatic rings. The summed E-state index contributed by atoms with van der Waals surface area (Å²) in [5, 5.41) is 0. The second-order valence-electron chi connectivity index (χ2n) is 4.82. The van der Waals surface area contributed by atoms with E-state index in [0.717, 1.165) is 32.7 Å². The molecule has 0 aromatic heterocycles. The second kappa shape index (κ2) is 10.5. The molecule has 108 valence electrons. The molecule has 4 nitrogen and oxygen atoms in total. The zero-order valence-corrected chi connectivity index (χ0v) is 12.7. The first kappa shape index (κ1) is 17.6. The lowest BCUT2D eigenvalue weighted by Gasteiger charge is -2.32. The number of ether oxygens (including phenoxy) is 1. The molecule has 0 amide bonds. The van der Waals surface area contributed by atoms with Gasteiger partial charge in [0.1, 0.15) is 6.61 Å². The summed E-state index contributed by atoms with van der Waals surface area (Å²) in [5.74, 6) is 0.280. The number of ketones is 1. The molecule has 0 bridgehead atoms. The van der Waals surface area contributed by atoms with Crippen molar-refractivity contribution in [1.29, 1.82) is 0 Å². The molecule has 0 radical (unpaired) electrons. The number of likely N-dealkylation sites (N-methyl/N-ethyl adjacent to an activating group) is 1. The van der Waals surface area contributed by atoms with Crippen LogP contribution in [0.5, 0.6) is 0 Å². The van der Waals surface area contributed by atoms with Crippen LogP contribution >= 0.6 is 0 Å². The predicted molar refractivity (Wildman–Crippen MR) is 75.9 cm³/mol. The van der Waals surface area contributed by atoms with Gasteiger partial charge in [0.25, 0.3) is 0 Å². The molecule has 1 saturated heterocycles. The smallest absolute Gasteiger partial charge is 0.160 e. The second-order valence-corrected chi connectivity index (χ2v) is 4.82. The minimum Gasteiger partial charge on any atom is -0.372 e. The zero-order valence-electron chi connectivity index (χ0n) is 12.7. The average molecular weight is 258 g/mol. The first-order valence-corrected chi connectivity index (χ1v) is 7.11. The fraction of sp³-hybridized carbons (Fsp3) is 0.929. The summed E-state index contributed by atoms with van der Waals surface area (Å²) in [6.45, 7) is 14.2. The number of nitrogens with zero attached hydrogens (tertiary/aromatic N) is 2. The maximum absolute atomic E-state index is 11.3. The van der Waals surface area contributed by atoms with E-state index >= 15 is 0 Å². The third-order valence-corrected chi connectivity index (χ3v) is 3.04. The molecule has 0 aliphatic carbocycles. The summed E-state index contributed by atoms with van der Waals surface area (Å²) >= 11 is 0. The van der Waals surface area contributed by atoms with E-state index in [2.05, 4.69) is 16.8 Å². The molecule has 0 atom stereocenters. The molecule has 0 aromatic carbocycles. The first-order chi connectivity index (χ1) is 8.59. The van der Waals surface area contributed by atoms with Crippen LogP contribution in [0.2, 0.25) is 0 Å². The van der Waals surface area contributed by atoms with Crippen LogP contribution < -0.4 is 0 Å². The number of piperazine rings is 1. The van der Waals surface area contributed by atoms with Gasteiger partial charge in [-0.2, -0.15) is 0 Å². The van der Waals surface area contributed by atoms with E-state index in [1.807, 2.05) is 27.7 Å². The largest absolute Gasteiger partial charge is 0.372 e. The topological polar surface area (TPSA) is 32.8 Å². The average Bonchev–Trinajstić information content (AvgIpc) is 2.38. The van der Waals surface area contributed by atoms with Crippen molar-refractivity contribution >= 4 is 5.78 Å². The molecule has 0 N–H and O–H groups in total. The van der Waals surface area contributed by atoms with E-state index in [-0.39, 0.29) is 18.3 Å². The zero-order chi connectivity index (χ0) is 14.0. The molecule has 4 heteroatoms. The lowest BCUT2D eigenvalue weighted by atomic mass is 10.1. The molecule has 0 spiro atoms. The van der Waals surface area contributed by atoms with Crippen LogP contribution in [0.4, 0.5) is 0 Å². The van der Waals surface area contributed by atoms with Crippen molar-refractivity contribution in [1.82, 2.24) is 9.80 Å². The maximum Gasteiger partial charge on any atom is 0.160 e. The molecular formula is C14H30N2O2. The summed E-state index contributed by atoms with van der Waals surface area (Å²) in [6, 6.07) is 0. The molecule has 18 heavy (non-hydrogen) atoms. The van der Waals surface area contributed by atoms with Gasteiger partial charge in [-0.05, 0) is 7.05 Å². The number of rotatable bonds is 6. The monoisotopic (exact) mass is 258 g/mol. The third kappa shape index (κ3) is 7.80. The Morgan fingerprint density at radius 1 is 1.17 bits per heavy atom. The SMILES string of the molecule is CC.CC(C)C(=O)COCCN1CCN(C)CC1. The Labute approximate surface area is 112 Å². The van der Waals surface area contributed by atoms with Gasteiger partial charge in [-0.25, -0.2) is 0 Å². The Hall–Kier alpha value is -0.450. The lowest BCUT2D eigenvalue weighted by molar-refractivity contribution is -0.126. The summed E-state index contributed by atoms with van der Waals surface area (Å²) in [5.41, 5.74) is 0. The first-order valence-electron chi connectivity index (χ1n) is 7.11. The Balaban J connectivity index is 0.00000137. The van der Waals surface area contributed by atoms with Gasteiger partial charge in [0, 0.05) is 38.6 Å². The van der Waals surface area contributed by atoms with Gasteiger partial charge in [0.2, 0.25) is 0 Å². The van der Waals surface area contributed by atoms with E-state index in [4.69, 9.17) is 4.74 Å². The van der Waals surface area contributed by atoms with E-state index in [1.165, 1.54) is 0 Å². The molecule has 0 unspecified atom stereocenters. The molecule has 1 rings (SSSR count). The number of hydrogen-bond donors (Lipinski definition) is 0. The van der Waals surface area contributed by atoms with Gasteiger partial charge in [-0.1, -0.05) is 27.7 Å². The third-order valence-electron chi connectivity index (χ3n) is 3.04. The van der Waals surface area contributed by atoms with Crippen LogP contribution in [-0.2, 0) is 9.53 Å². The van der Waals surface area contributed by atoms with Crippen molar-refractivity contribution in [3.05, 3.63) is 0 Å². The normalized spacial score (nSPS) is 17.4. The van der Waals surface area contributed by atoms with Crippen LogP contribution in [0.25, 0.3) is 0 Å². The number of Topliss-reactive ketones (excluding diaryl/α,β-unsaturated/α-hetero) is 1. The summed E-state index contributed by atoms with van der Waals surface area (Å²) in [6.07, 6.45) is 0. The molecule has 1 aliphatic heterocycles. The van der Waals surface area contributed by atoms with E-state index in [9.17, 15) is 4.79 Å². The minimum atomic E-state index is 0.0867. The molecular weight excluding hydrogens is 228 g/mol. The highest BCUT2D eigenvalue weighted by Gasteiger charge is 2.13. The van der Waals surface area contributed by atoms with Crippen LogP contribution in [0.1, 0.15) is 27.7 Å². The molecule has 1 aliphatic rings. The quantitative estimate of drug-likeness (QED) is 0.676. The Morgan fingerprint density at radius 3 is 2.22 bits per heavy atom. The van der Waals surface area contributed by atoms with Gasteiger partial charge < -0.3 is 9.64 Å². The van der Waals surface area contributed by atoms with Gasteiger partial charge in [-0.3, -0.25) is 9.69 Å². The molecule has 0 saturated carbocycles. The highest BCUT2D eigenvalue weighted by atomic mass is 16.5. The number of hydrogen-bond acceptors (Lipinski definition) is 4. The Bertz CT molecular complexity index is 212. The number of carbonyl (C=O) groups excluding carboxylic acids is 1. The van der Waals surface area contributed by atoms with Crippen LogP contribution in [0, 0.1) is 5.92 Å². The van der Waals surface area contributed by atoms with Crippen molar-refractivity contribution in [2.45, 2.75) is 27.7 Å². The van der Waals surface area contributed by atoms with Gasteiger partial charge in [0.05, 0.1) is 6.61 Å².